The monoisotopic (exact) mass is 391 g/mol. The fourth-order valence-electron chi connectivity index (χ4n) is 3.25. The molecule has 0 aliphatic carbocycles. The Hall–Kier alpha value is -3.25. The summed E-state index contributed by atoms with van der Waals surface area (Å²) in [7, 11) is -0.199. The lowest BCUT2D eigenvalue weighted by Crippen LogP contribution is -2.25. The van der Waals surface area contributed by atoms with Crippen LogP contribution in [0.4, 0.5) is 0 Å². The molecule has 0 saturated carbocycles. The van der Waals surface area contributed by atoms with Crippen molar-refractivity contribution in [3.05, 3.63) is 89.5 Å². The van der Waals surface area contributed by atoms with E-state index in [1.54, 1.807) is 36.4 Å². The molecule has 0 fully saturated rings. The van der Waals surface area contributed by atoms with E-state index in [0.717, 1.165) is 11.1 Å². The number of methoxy groups -OCH3 is 1. The van der Waals surface area contributed by atoms with Crippen LogP contribution >= 0.6 is 0 Å². The second-order valence-corrected chi connectivity index (χ2v) is 7.70. The topological polar surface area (TPSA) is 63.7 Å². The molecule has 4 rings (SSSR count). The van der Waals surface area contributed by atoms with E-state index in [4.69, 9.17) is 4.74 Å². The second-order valence-electron chi connectivity index (χ2n) is 6.32. The first kappa shape index (κ1) is 18.1. The average molecular weight is 391 g/mol. The fourth-order valence-corrected chi connectivity index (χ4v) is 4.55. The Kier molecular flexibility index (Phi) is 4.79. The zero-order valence-electron chi connectivity index (χ0n) is 15.1. The Balaban J connectivity index is 1.71. The summed E-state index contributed by atoms with van der Waals surface area (Å²) < 4.78 is 19.0. The van der Waals surface area contributed by atoms with Crippen molar-refractivity contribution >= 4 is 22.9 Å². The highest BCUT2D eigenvalue weighted by Gasteiger charge is 2.34. The van der Waals surface area contributed by atoms with E-state index in [1.165, 1.54) is 11.4 Å². The summed E-state index contributed by atoms with van der Waals surface area (Å²) in [4.78, 5) is 25.4. The van der Waals surface area contributed by atoms with Gasteiger partial charge in [-0.05, 0) is 41.0 Å². The third kappa shape index (κ3) is 3.12. The van der Waals surface area contributed by atoms with E-state index < -0.39 is 17.0 Å². The molecular formula is C22H17NO4S. The minimum absolute atomic E-state index is 0.182. The minimum atomic E-state index is -1.54. The maximum absolute atomic E-state index is 12.7. The van der Waals surface area contributed by atoms with Gasteiger partial charge in [-0.3, -0.25) is 4.79 Å². The van der Waals surface area contributed by atoms with Crippen LogP contribution in [0.1, 0.15) is 26.3 Å². The molecule has 0 bridgehead atoms. The highest BCUT2D eigenvalue weighted by Crippen LogP contribution is 2.30. The van der Waals surface area contributed by atoms with Crippen LogP contribution in [0.3, 0.4) is 0 Å². The molecule has 0 saturated heterocycles. The van der Waals surface area contributed by atoms with E-state index >= 15 is 0 Å². The Morgan fingerprint density at radius 2 is 1.68 bits per heavy atom. The quantitative estimate of drug-likeness (QED) is 0.635. The number of rotatable bonds is 4. The summed E-state index contributed by atoms with van der Waals surface area (Å²) >= 11 is 0. The molecule has 0 N–H and O–H groups in total. The van der Waals surface area contributed by atoms with Gasteiger partial charge < -0.3 is 4.74 Å². The summed E-state index contributed by atoms with van der Waals surface area (Å²) in [6, 6.07) is 21.7. The van der Waals surface area contributed by atoms with Crippen LogP contribution < -0.4 is 0 Å². The van der Waals surface area contributed by atoms with Crippen molar-refractivity contribution in [3.8, 4) is 11.1 Å². The molecule has 1 aliphatic heterocycles. The van der Waals surface area contributed by atoms with Crippen molar-refractivity contribution in [2.24, 2.45) is 0 Å². The first-order valence-corrected chi connectivity index (χ1v) is 9.80. The first-order valence-electron chi connectivity index (χ1n) is 8.69. The lowest BCUT2D eigenvalue weighted by molar-refractivity contribution is 0.0601. The standard InChI is InChI=1S/C22H17NO4S/c1-27-22(25)17-12-11-15(13-19(17)16-7-3-2-4-8-16)14-23-21(24)18-9-5-6-10-20(18)28(23)26/h2-13H,14H2,1H3. The number of carbonyl (C=O) groups excluding carboxylic acids is 2. The maximum Gasteiger partial charge on any atom is 0.338 e. The van der Waals surface area contributed by atoms with Crippen molar-refractivity contribution in [2.45, 2.75) is 11.4 Å². The number of amides is 1. The maximum atomic E-state index is 12.7. The molecule has 1 heterocycles. The molecule has 1 aliphatic rings. The van der Waals surface area contributed by atoms with Gasteiger partial charge in [0.1, 0.15) is 0 Å². The third-order valence-corrected chi connectivity index (χ3v) is 6.06. The molecule has 3 aromatic carbocycles. The molecule has 140 valence electrons. The lowest BCUT2D eigenvalue weighted by Gasteiger charge is -2.16. The van der Waals surface area contributed by atoms with Crippen LogP contribution in [-0.4, -0.2) is 27.5 Å². The number of nitrogens with zero attached hydrogens (tertiary/aromatic N) is 1. The Labute approximate surface area is 165 Å². The van der Waals surface area contributed by atoms with Crippen molar-refractivity contribution < 1.29 is 18.5 Å². The molecular weight excluding hydrogens is 374 g/mol. The lowest BCUT2D eigenvalue weighted by atomic mass is 9.97. The molecule has 6 heteroatoms. The largest absolute Gasteiger partial charge is 0.465 e. The van der Waals surface area contributed by atoms with Crippen LogP contribution in [-0.2, 0) is 22.3 Å². The first-order chi connectivity index (χ1) is 13.6. The summed E-state index contributed by atoms with van der Waals surface area (Å²) in [5.41, 5.74) is 3.26. The molecule has 1 atom stereocenters. The average Bonchev–Trinajstić information content (AvgIpc) is 2.99. The fraction of sp³-hybridized carbons (Fsp3) is 0.0909. The number of esters is 1. The number of carbonyl (C=O) groups is 2. The Morgan fingerprint density at radius 3 is 2.39 bits per heavy atom. The Morgan fingerprint density at radius 1 is 0.964 bits per heavy atom. The number of hydrogen-bond acceptors (Lipinski definition) is 4. The van der Waals surface area contributed by atoms with Crippen LogP contribution in [0.5, 0.6) is 0 Å². The van der Waals surface area contributed by atoms with Gasteiger partial charge in [0.2, 0.25) is 0 Å². The molecule has 28 heavy (non-hydrogen) atoms. The van der Waals surface area contributed by atoms with Gasteiger partial charge in [0.05, 0.1) is 29.7 Å². The van der Waals surface area contributed by atoms with Crippen LogP contribution in [0.25, 0.3) is 11.1 Å². The van der Waals surface area contributed by atoms with E-state index in [1.807, 2.05) is 36.4 Å². The summed E-state index contributed by atoms with van der Waals surface area (Å²) in [5, 5.41) is 0. The smallest absolute Gasteiger partial charge is 0.338 e. The zero-order valence-corrected chi connectivity index (χ0v) is 15.9. The zero-order chi connectivity index (χ0) is 19.7. The van der Waals surface area contributed by atoms with Crippen LogP contribution in [0.2, 0.25) is 0 Å². The van der Waals surface area contributed by atoms with Crippen LogP contribution in [0.15, 0.2) is 77.7 Å². The number of fused-ring (bicyclic) bond motifs is 1. The van der Waals surface area contributed by atoms with Crippen molar-refractivity contribution in [3.63, 3.8) is 0 Å². The van der Waals surface area contributed by atoms with Crippen molar-refractivity contribution in [2.75, 3.05) is 7.11 Å². The van der Waals surface area contributed by atoms with Crippen LogP contribution in [0, 0.1) is 0 Å². The molecule has 1 unspecified atom stereocenters. The van der Waals surface area contributed by atoms with Crippen molar-refractivity contribution in [1.82, 2.24) is 4.31 Å². The molecule has 0 spiro atoms. The van der Waals surface area contributed by atoms with E-state index in [9.17, 15) is 13.8 Å². The SMILES string of the molecule is COC(=O)c1ccc(CN2C(=O)c3ccccc3S2=O)cc1-c1ccccc1. The highest BCUT2D eigenvalue weighted by molar-refractivity contribution is 7.83. The van der Waals surface area contributed by atoms with Crippen molar-refractivity contribution in [1.29, 1.82) is 0 Å². The normalized spacial score (nSPS) is 15.4. The summed E-state index contributed by atoms with van der Waals surface area (Å²) in [6.45, 7) is 0.182. The van der Waals surface area contributed by atoms with E-state index in [0.29, 0.717) is 21.6 Å². The van der Waals surface area contributed by atoms with Gasteiger partial charge in [0.15, 0.2) is 11.0 Å². The van der Waals surface area contributed by atoms with Gasteiger partial charge in [0.25, 0.3) is 5.91 Å². The van der Waals surface area contributed by atoms with Gasteiger partial charge in [-0.15, -0.1) is 0 Å². The molecule has 1 amide bonds. The molecule has 5 nitrogen and oxygen atoms in total. The predicted molar refractivity (Wildman–Crippen MR) is 106 cm³/mol. The minimum Gasteiger partial charge on any atom is -0.465 e. The Bertz CT molecular complexity index is 1060. The number of benzene rings is 3. The van der Waals surface area contributed by atoms with Gasteiger partial charge in [-0.1, -0.05) is 48.5 Å². The summed E-state index contributed by atoms with van der Waals surface area (Å²) in [6.07, 6.45) is 0. The number of ether oxygens (including phenoxy) is 1. The molecule has 0 aromatic heterocycles. The summed E-state index contributed by atoms with van der Waals surface area (Å²) in [5.74, 6) is -0.689. The van der Waals surface area contributed by atoms with Gasteiger partial charge in [-0.2, -0.15) is 0 Å². The van der Waals surface area contributed by atoms with Gasteiger partial charge in [-0.25, -0.2) is 13.3 Å². The number of hydrogen-bond donors (Lipinski definition) is 0. The third-order valence-electron chi connectivity index (χ3n) is 4.63. The second kappa shape index (κ2) is 7.40. The highest BCUT2D eigenvalue weighted by atomic mass is 32.2. The van der Waals surface area contributed by atoms with E-state index in [2.05, 4.69) is 0 Å². The predicted octanol–water partition coefficient (Wildman–Crippen LogP) is 3.82. The van der Waals surface area contributed by atoms with Gasteiger partial charge >= 0.3 is 5.97 Å². The van der Waals surface area contributed by atoms with E-state index in [-0.39, 0.29) is 12.5 Å². The molecule has 3 aromatic rings. The molecule has 0 radical (unpaired) electrons. The van der Waals surface area contributed by atoms with Gasteiger partial charge in [0, 0.05) is 0 Å².